The molecule has 7 heteroatoms. The first-order valence-corrected chi connectivity index (χ1v) is 7.94. The van der Waals surface area contributed by atoms with E-state index in [4.69, 9.17) is 14.2 Å². The second-order valence-corrected chi connectivity index (χ2v) is 5.48. The zero-order chi connectivity index (χ0) is 18.5. The molecule has 0 bridgehead atoms. The molecular weight excluding hydrogens is 334 g/mol. The normalized spacial score (nSPS) is 10.4. The van der Waals surface area contributed by atoms with Crippen molar-refractivity contribution in [3.05, 3.63) is 53.9 Å². The van der Waals surface area contributed by atoms with Gasteiger partial charge in [0.2, 0.25) is 5.75 Å². The molecule has 1 amide bonds. The van der Waals surface area contributed by atoms with Crippen LogP contribution in [0.2, 0.25) is 0 Å². The number of fused-ring (bicyclic) bond motifs is 1. The topological polar surface area (TPSA) is 82.6 Å². The van der Waals surface area contributed by atoms with Crippen LogP contribution < -0.4 is 19.5 Å². The van der Waals surface area contributed by atoms with Crippen LogP contribution in [0.15, 0.2) is 42.7 Å². The number of nitrogens with one attached hydrogen (secondary N) is 1. The molecule has 134 valence electrons. The van der Waals surface area contributed by atoms with Gasteiger partial charge in [0.25, 0.3) is 5.91 Å². The van der Waals surface area contributed by atoms with E-state index in [0.717, 1.165) is 16.6 Å². The molecule has 1 aromatic heterocycles. The van der Waals surface area contributed by atoms with Crippen molar-refractivity contribution in [2.75, 3.05) is 21.3 Å². The average molecular weight is 353 g/mol. The molecule has 0 aliphatic heterocycles. The van der Waals surface area contributed by atoms with Gasteiger partial charge in [0, 0.05) is 24.5 Å². The summed E-state index contributed by atoms with van der Waals surface area (Å²) in [6.07, 6.45) is 3.29. The van der Waals surface area contributed by atoms with Gasteiger partial charge in [-0.2, -0.15) is 0 Å². The molecule has 0 fully saturated rings. The monoisotopic (exact) mass is 353 g/mol. The lowest BCUT2D eigenvalue weighted by Crippen LogP contribution is -2.23. The van der Waals surface area contributed by atoms with Gasteiger partial charge in [-0.25, -0.2) is 0 Å². The fraction of sp³-hybridized carbons (Fsp3) is 0.211. The number of hydrogen-bond acceptors (Lipinski definition) is 6. The summed E-state index contributed by atoms with van der Waals surface area (Å²) in [7, 11) is 4.53. The highest BCUT2D eigenvalue weighted by Crippen LogP contribution is 2.38. The molecule has 0 atom stereocenters. The van der Waals surface area contributed by atoms with E-state index in [1.807, 2.05) is 18.2 Å². The quantitative estimate of drug-likeness (QED) is 0.733. The fourth-order valence-electron chi connectivity index (χ4n) is 2.62. The van der Waals surface area contributed by atoms with Crippen LogP contribution in [0.5, 0.6) is 17.2 Å². The molecule has 0 saturated heterocycles. The van der Waals surface area contributed by atoms with Gasteiger partial charge in [-0.15, -0.1) is 0 Å². The Morgan fingerprint density at radius 2 is 1.58 bits per heavy atom. The summed E-state index contributed by atoms with van der Waals surface area (Å²) in [5.41, 5.74) is 2.94. The Bertz CT molecular complexity index is 918. The Labute approximate surface area is 150 Å². The van der Waals surface area contributed by atoms with Crippen LogP contribution in [0.25, 0.3) is 11.0 Å². The van der Waals surface area contributed by atoms with Gasteiger partial charge in [-0.3, -0.25) is 14.8 Å². The summed E-state index contributed by atoms with van der Waals surface area (Å²) in [5, 5.41) is 2.88. The minimum absolute atomic E-state index is 0.247. The van der Waals surface area contributed by atoms with Crippen LogP contribution >= 0.6 is 0 Å². The van der Waals surface area contributed by atoms with Gasteiger partial charge < -0.3 is 19.5 Å². The van der Waals surface area contributed by atoms with Crippen LogP contribution in [-0.4, -0.2) is 37.2 Å². The van der Waals surface area contributed by atoms with E-state index < -0.39 is 0 Å². The summed E-state index contributed by atoms with van der Waals surface area (Å²) < 4.78 is 15.8. The molecule has 0 radical (unpaired) electrons. The van der Waals surface area contributed by atoms with Crippen molar-refractivity contribution in [1.82, 2.24) is 15.3 Å². The molecule has 0 unspecified atom stereocenters. The van der Waals surface area contributed by atoms with E-state index >= 15 is 0 Å². The smallest absolute Gasteiger partial charge is 0.251 e. The average Bonchev–Trinajstić information content (AvgIpc) is 2.70. The molecule has 0 spiro atoms. The highest BCUT2D eigenvalue weighted by Gasteiger charge is 2.16. The Hall–Kier alpha value is -3.35. The lowest BCUT2D eigenvalue weighted by atomic mass is 10.1. The third-order valence-electron chi connectivity index (χ3n) is 3.91. The molecule has 1 heterocycles. The Morgan fingerprint density at radius 3 is 2.19 bits per heavy atom. The largest absolute Gasteiger partial charge is 0.493 e. The van der Waals surface area contributed by atoms with Gasteiger partial charge in [0.15, 0.2) is 11.5 Å². The number of nitrogens with zero attached hydrogens (tertiary/aromatic N) is 2. The van der Waals surface area contributed by atoms with E-state index in [1.54, 1.807) is 24.5 Å². The molecule has 0 aliphatic carbocycles. The first-order valence-electron chi connectivity index (χ1n) is 7.94. The number of ether oxygens (including phenoxy) is 3. The number of benzene rings is 2. The summed E-state index contributed by atoms with van der Waals surface area (Å²) in [6, 6.07) is 8.92. The molecule has 26 heavy (non-hydrogen) atoms. The zero-order valence-corrected chi connectivity index (χ0v) is 14.8. The lowest BCUT2D eigenvalue weighted by molar-refractivity contribution is 0.0950. The van der Waals surface area contributed by atoms with E-state index in [-0.39, 0.29) is 5.91 Å². The summed E-state index contributed by atoms with van der Waals surface area (Å²) in [4.78, 5) is 21.0. The van der Waals surface area contributed by atoms with Crippen molar-refractivity contribution in [1.29, 1.82) is 0 Å². The van der Waals surface area contributed by atoms with Gasteiger partial charge in [-0.05, 0) is 29.8 Å². The van der Waals surface area contributed by atoms with Gasteiger partial charge in [0.1, 0.15) is 0 Å². The number of aromatic nitrogens is 2. The Kier molecular flexibility index (Phi) is 5.17. The molecule has 3 aromatic rings. The van der Waals surface area contributed by atoms with E-state index in [9.17, 15) is 4.79 Å². The van der Waals surface area contributed by atoms with Crippen molar-refractivity contribution < 1.29 is 19.0 Å². The number of hydrogen-bond donors (Lipinski definition) is 1. The minimum atomic E-state index is -0.247. The number of amides is 1. The summed E-state index contributed by atoms with van der Waals surface area (Å²) in [6.45, 7) is 0.363. The fourth-order valence-corrected chi connectivity index (χ4v) is 2.62. The SMILES string of the molecule is COc1cc(C(=O)NCc2ccc3nccnc3c2)cc(OC)c1OC. The number of methoxy groups -OCH3 is 3. The number of rotatable bonds is 6. The lowest BCUT2D eigenvalue weighted by Gasteiger charge is -2.14. The van der Waals surface area contributed by atoms with Gasteiger partial charge in [-0.1, -0.05) is 6.07 Å². The maximum atomic E-state index is 12.5. The maximum Gasteiger partial charge on any atom is 0.251 e. The van der Waals surface area contributed by atoms with Crippen LogP contribution in [0.1, 0.15) is 15.9 Å². The highest BCUT2D eigenvalue weighted by atomic mass is 16.5. The zero-order valence-electron chi connectivity index (χ0n) is 14.8. The van der Waals surface area contributed by atoms with Crippen molar-refractivity contribution in [2.45, 2.75) is 6.54 Å². The molecular formula is C19H19N3O4. The van der Waals surface area contributed by atoms with Crippen LogP contribution in [0.4, 0.5) is 0 Å². The van der Waals surface area contributed by atoms with Gasteiger partial charge in [0.05, 0.1) is 32.4 Å². The number of carbonyl (C=O) groups is 1. The van der Waals surface area contributed by atoms with Crippen molar-refractivity contribution >= 4 is 16.9 Å². The number of carbonyl (C=O) groups excluding carboxylic acids is 1. The first kappa shape index (κ1) is 17.5. The molecule has 3 rings (SSSR count). The maximum absolute atomic E-state index is 12.5. The Morgan fingerprint density at radius 1 is 0.923 bits per heavy atom. The highest BCUT2D eigenvalue weighted by molar-refractivity contribution is 5.95. The van der Waals surface area contributed by atoms with Crippen LogP contribution in [0.3, 0.4) is 0 Å². The third kappa shape index (κ3) is 3.51. The predicted molar refractivity (Wildman–Crippen MR) is 96.8 cm³/mol. The van der Waals surface area contributed by atoms with Crippen molar-refractivity contribution in [2.24, 2.45) is 0 Å². The third-order valence-corrected chi connectivity index (χ3v) is 3.91. The molecule has 2 aromatic carbocycles. The van der Waals surface area contributed by atoms with Crippen molar-refractivity contribution in [3.8, 4) is 17.2 Å². The van der Waals surface area contributed by atoms with Crippen LogP contribution in [-0.2, 0) is 6.54 Å². The summed E-state index contributed by atoms with van der Waals surface area (Å²) in [5.74, 6) is 1.05. The van der Waals surface area contributed by atoms with E-state index in [0.29, 0.717) is 29.4 Å². The van der Waals surface area contributed by atoms with Gasteiger partial charge >= 0.3 is 0 Å². The Balaban J connectivity index is 1.78. The predicted octanol–water partition coefficient (Wildman–Crippen LogP) is 2.59. The summed E-state index contributed by atoms with van der Waals surface area (Å²) >= 11 is 0. The molecule has 1 N–H and O–H groups in total. The van der Waals surface area contributed by atoms with Crippen LogP contribution in [0, 0.1) is 0 Å². The minimum Gasteiger partial charge on any atom is -0.493 e. The molecule has 0 aliphatic rings. The second-order valence-electron chi connectivity index (χ2n) is 5.48. The first-order chi connectivity index (χ1) is 12.7. The molecule has 0 saturated carbocycles. The molecule has 7 nitrogen and oxygen atoms in total. The standard InChI is InChI=1S/C19H19N3O4/c1-24-16-9-13(10-17(25-2)18(16)26-3)19(23)22-11-12-4-5-14-15(8-12)21-7-6-20-14/h4-10H,11H2,1-3H3,(H,22,23). The van der Waals surface area contributed by atoms with E-state index in [2.05, 4.69) is 15.3 Å². The van der Waals surface area contributed by atoms with E-state index in [1.165, 1.54) is 21.3 Å². The van der Waals surface area contributed by atoms with Crippen molar-refractivity contribution in [3.63, 3.8) is 0 Å². The second kappa shape index (κ2) is 7.69.